The van der Waals surface area contributed by atoms with Crippen LogP contribution in [0.1, 0.15) is 37.7 Å². The Morgan fingerprint density at radius 2 is 2.00 bits per heavy atom. The van der Waals surface area contributed by atoms with E-state index in [2.05, 4.69) is 9.69 Å². The molecule has 5 N–H and O–H groups in total. The van der Waals surface area contributed by atoms with Gasteiger partial charge in [-0.2, -0.15) is 4.37 Å². The van der Waals surface area contributed by atoms with Crippen LogP contribution < -0.4 is 31.2 Å². The first-order valence-electron chi connectivity index (χ1n) is 10.4. The van der Waals surface area contributed by atoms with Crippen molar-refractivity contribution in [1.29, 1.82) is 0 Å². The Kier molecular flexibility index (Phi) is 6.89. The third-order valence-electron chi connectivity index (χ3n) is 5.15. The molecule has 3 heterocycles. The first-order chi connectivity index (χ1) is 16.8. The summed E-state index contributed by atoms with van der Waals surface area (Å²) in [6, 6.07) is 6.83. The van der Waals surface area contributed by atoms with Crippen molar-refractivity contribution in [2.75, 3.05) is 37.7 Å². The summed E-state index contributed by atoms with van der Waals surface area (Å²) in [5.41, 5.74) is 11.3. The summed E-state index contributed by atoms with van der Waals surface area (Å²) in [5.74, 6) is -0.451. The highest BCUT2D eigenvalue weighted by Crippen LogP contribution is 2.40. The number of nitrogens with two attached hydrogens (primary N) is 2. The lowest BCUT2D eigenvalue weighted by Gasteiger charge is -2.29. The zero-order valence-electron chi connectivity index (χ0n) is 18.9. The van der Waals surface area contributed by atoms with Gasteiger partial charge in [0.15, 0.2) is 23.2 Å². The molecule has 2 aromatic heterocycles. The number of carbonyl (C=O) groups is 3. The molecule has 4 rings (SSSR count). The molecular weight excluding hydrogens is 478 g/mol. The fourth-order valence-electron chi connectivity index (χ4n) is 3.50. The first kappa shape index (κ1) is 24.0. The van der Waals surface area contributed by atoms with Crippen LogP contribution in [0.4, 0.5) is 11.4 Å². The van der Waals surface area contributed by atoms with E-state index in [1.807, 2.05) is 0 Å². The summed E-state index contributed by atoms with van der Waals surface area (Å²) < 4.78 is 25.5. The molecule has 1 aromatic carbocycles. The molecular formula is C22H23N5O7S. The highest BCUT2D eigenvalue weighted by molar-refractivity contribution is 7.09. The van der Waals surface area contributed by atoms with Gasteiger partial charge in [0.05, 0.1) is 12.3 Å². The number of methoxy groups -OCH3 is 1. The van der Waals surface area contributed by atoms with Crippen LogP contribution in [0.25, 0.3) is 0 Å². The Morgan fingerprint density at radius 3 is 2.66 bits per heavy atom. The van der Waals surface area contributed by atoms with Gasteiger partial charge in [0.1, 0.15) is 16.4 Å². The summed E-state index contributed by atoms with van der Waals surface area (Å²) in [7, 11) is 1.50. The van der Waals surface area contributed by atoms with Crippen molar-refractivity contribution in [3.63, 3.8) is 0 Å². The predicted octanol–water partition coefficient (Wildman–Crippen LogP) is 1.61. The molecule has 1 unspecified atom stereocenters. The number of anilines is 2. The lowest BCUT2D eigenvalue weighted by atomic mass is 10.1. The van der Waals surface area contributed by atoms with Gasteiger partial charge in [-0.15, -0.1) is 0 Å². The number of furan rings is 1. The summed E-state index contributed by atoms with van der Waals surface area (Å²) in [6.07, 6.45) is 0. The molecule has 3 aromatic rings. The quantitative estimate of drug-likeness (QED) is 0.368. The maximum Gasteiger partial charge on any atom is 0.273 e. The largest absolute Gasteiger partial charge is 0.464 e. The lowest BCUT2D eigenvalue weighted by Crippen LogP contribution is -2.44. The van der Waals surface area contributed by atoms with Crippen LogP contribution in [-0.2, 0) is 9.53 Å². The van der Waals surface area contributed by atoms with Gasteiger partial charge in [0.25, 0.3) is 17.7 Å². The normalized spacial score (nSPS) is 12.9. The average Bonchev–Trinajstić information content (AvgIpc) is 3.56. The number of aromatic nitrogens is 1. The molecule has 0 aliphatic carbocycles. The van der Waals surface area contributed by atoms with Crippen molar-refractivity contribution >= 4 is 40.6 Å². The van der Waals surface area contributed by atoms with Crippen LogP contribution in [0.2, 0.25) is 0 Å². The molecule has 12 nitrogen and oxygen atoms in total. The minimum absolute atomic E-state index is 0.0226. The number of nitrogens with zero attached hydrogens (tertiary/aromatic N) is 2. The number of hydrogen-bond acceptors (Lipinski definition) is 10. The second-order valence-electron chi connectivity index (χ2n) is 7.49. The van der Waals surface area contributed by atoms with Crippen LogP contribution >= 0.6 is 11.5 Å². The number of carbonyl (C=O) groups excluding carboxylic acids is 3. The van der Waals surface area contributed by atoms with Crippen LogP contribution in [0.3, 0.4) is 0 Å². The van der Waals surface area contributed by atoms with E-state index in [1.54, 1.807) is 37.3 Å². The standard InChI is InChI=1S/C22H23N5O7S/c1-11-3-5-14(34-11)18(21(29)25-7-8-31-2)27(12-4-6-13-15(9-12)33-10-32-13)22(30)19-16(23)17(20(24)28)26-35-19/h3-6,9,18H,7-8,10,23H2,1-2H3,(H2,24,28)(H,25,29). The topological polar surface area (TPSA) is 172 Å². The van der Waals surface area contributed by atoms with Crippen molar-refractivity contribution in [3.05, 3.63) is 52.4 Å². The molecule has 1 aliphatic heterocycles. The van der Waals surface area contributed by atoms with Crippen LogP contribution in [0.15, 0.2) is 34.7 Å². The number of ether oxygens (including phenoxy) is 3. The van der Waals surface area contributed by atoms with E-state index >= 15 is 0 Å². The SMILES string of the molecule is COCCNC(=O)C(c1ccc(C)o1)N(C(=O)c1snc(C(N)=O)c1N)c1ccc2c(c1)OCO2. The highest BCUT2D eigenvalue weighted by Gasteiger charge is 2.38. The number of hydrogen-bond donors (Lipinski definition) is 3. The summed E-state index contributed by atoms with van der Waals surface area (Å²) in [5, 5.41) is 2.75. The molecule has 0 fully saturated rings. The van der Waals surface area contributed by atoms with Gasteiger partial charge >= 0.3 is 0 Å². The van der Waals surface area contributed by atoms with E-state index in [0.717, 1.165) is 0 Å². The number of benzene rings is 1. The average molecular weight is 502 g/mol. The molecule has 0 radical (unpaired) electrons. The van der Waals surface area contributed by atoms with E-state index in [9.17, 15) is 14.4 Å². The molecule has 0 saturated carbocycles. The van der Waals surface area contributed by atoms with Gasteiger partial charge in [0, 0.05) is 25.4 Å². The lowest BCUT2D eigenvalue weighted by molar-refractivity contribution is -0.123. The molecule has 35 heavy (non-hydrogen) atoms. The fourth-order valence-corrected chi connectivity index (χ4v) is 4.25. The van der Waals surface area contributed by atoms with E-state index in [4.69, 9.17) is 30.1 Å². The van der Waals surface area contributed by atoms with Crippen molar-refractivity contribution in [2.24, 2.45) is 5.73 Å². The minimum Gasteiger partial charge on any atom is -0.464 e. The molecule has 1 atom stereocenters. The Bertz CT molecular complexity index is 1270. The van der Waals surface area contributed by atoms with Gasteiger partial charge < -0.3 is 35.4 Å². The van der Waals surface area contributed by atoms with Crippen LogP contribution in [0.5, 0.6) is 11.5 Å². The Labute approximate surface area is 203 Å². The van der Waals surface area contributed by atoms with Crippen LogP contribution in [0, 0.1) is 6.92 Å². The molecule has 0 saturated heterocycles. The van der Waals surface area contributed by atoms with Gasteiger partial charge in [-0.25, -0.2) is 0 Å². The van der Waals surface area contributed by atoms with Crippen molar-refractivity contribution in [2.45, 2.75) is 13.0 Å². The molecule has 0 bridgehead atoms. The third kappa shape index (κ3) is 4.76. The van der Waals surface area contributed by atoms with E-state index in [1.165, 1.54) is 12.0 Å². The molecule has 1 aliphatic rings. The second kappa shape index (κ2) is 10.0. The Hall–Kier alpha value is -4.10. The summed E-state index contributed by atoms with van der Waals surface area (Å²) in [4.78, 5) is 40.1. The minimum atomic E-state index is -1.24. The van der Waals surface area contributed by atoms with E-state index < -0.39 is 23.8 Å². The van der Waals surface area contributed by atoms with Gasteiger partial charge in [-0.3, -0.25) is 19.3 Å². The molecule has 13 heteroatoms. The maximum absolute atomic E-state index is 13.9. The second-order valence-corrected chi connectivity index (χ2v) is 8.26. The number of nitrogen functional groups attached to an aromatic ring is 1. The highest BCUT2D eigenvalue weighted by atomic mass is 32.1. The molecule has 184 valence electrons. The zero-order chi connectivity index (χ0) is 25.1. The molecule has 3 amide bonds. The van der Waals surface area contributed by atoms with Crippen molar-refractivity contribution in [1.82, 2.24) is 9.69 Å². The van der Waals surface area contributed by atoms with Crippen LogP contribution in [-0.4, -0.2) is 49.1 Å². The number of aryl methyl sites for hydroxylation is 1. The fraction of sp³-hybridized carbons (Fsp3) is 0.273. The van der Waals surface area contributed by atoms with Gasteiger partial charge in [-0.05, 0) is 42.7 Å². The van der Waals surface area contributed by atoms with E-state index in [0.29, 0.717) is 34.5 Å². The van der Waals surface area contributed by atoms with Gasteiger partial charge in [-0.1, -0.05) is 0 Å². The predicted molar refractivity (Wildman–Crippen MR) is 125 cm³/mol. The summed E-state index contributed by atoms with van der Waals surface area (Å²) >= 11 is 0.707. The number of rotatable bonds is 9. The first-order valence-corrected chi connectivity index (χ1v) is 11.2. The number of fused-ring (bicyclic) bond motifs is 1. The number of primary amides is 1. The smallest absolute Gasteiger partial charge is 0.273 e. The Balaban J connectivity index is 1.84. The van der Waals surface area contributed by atoms with Gasteiger partial charge in [0.2, 0.25) is 6.79 Å². The Morgan fingerprint density at radius 1 is 1.23 bits per heavy atom. The third-order valence-corrected chi connectivity index (χ3v) is 6.00. The summed E-state index contributed by atoms with van der Waals surface area (Å²) in [6.45, 7) is 2.20. The maximum atomic E-state index is 13.9. The zero-order valence-corrected chi connectivity index (χ0v) is 19.7. The number of amides is 3. The van der Waals surface area contributed by atoms with E-state index in [-0.39, 0.29) is 42.0 Å². The monoisotopic (exact) mass is 501 g/mol. The number of nitrogens with one attached hydrogen (secondary N) is 1. The molecule has 0 spiro atoms. The van der Waals surface area contributed by atoms with Crippen molar-refractivity contribution < 1.29 is 33.0 Å². The van der Waals surface area contributed by atoms with Crippen molar-refractivity contribution in [3.8, 4) is 11.5 Å².